The van der Waals surface area contributed by atoms with Crippen molar-refractivity contribution in [2.75, 3.05) is 0 Å². The maximum atomic E-state index is 5.29. The minimum absolute atomic E-state index is 0.199. The van der Waals surface area contributed by atoms with E-state index in [1.165, 1.54) is 16.0 Å². The maximum Gasteiger partial charge on any atom is 0.160 e. The first kappa shape index (κ1) is 25.0. The molecule has 4 heteroatoms. The number of para-hydroxylation sites is 1. The molecule has 0 radical (unpaired) electrons. The first-order chi connectivity index (χ1) is 20.7. The zero-order valence-corrected chi connectivity index (χ0v) is 23.9. The fourth-order valence-corrected chi connectivity index (χ4v) is 7.87. The summed E-state index contributed by atoms with van der Waals surface area (Å²) in [6, 6.07) is 48.8. The zero-order valence-electron chi connectivity index (χ0n) is 23.1. The Labute approximate surface area is 250 Å². The van der Waals surface area contributed by atoms with Crippen molar-refractivity contribution < 1.29 is 0 Å². The van der Waals surface area contributed by atoms with Gasteiger partial charge in [0, 0.05) is 27.5 Å². The van der Waals surface area contributed by atoms with Gasteiger partial charge in [0.05, 0.1) is 27.5 Å². The van der Waals surface area contributed by atoms with Crippen LogP contribution < -0.4 is 0 Å². The number of benzene rings is 5. The maximum absolute atomic E-state index is 5.29. The highest BCUT2D eigenvalue weighted by Gasteiger charge is 2.50. The molecule has 0 saturated carbocycles. The Balaban J connectivity index is 1.23. The van der Waals surface area contributed by atoms with Crippen molar-refractivity contribution in [3.05, 3.63) is 156 Å². The highest BCUT2D eigenvalue weighted by Crippen LogP contribution is 2.60. The van der Waals surface area contributed by atoms with E-state index in [-0.39, 0.29) is 10.7 Å². The van der Waals surface area contributed by atoms with E-state index >= 15 is 0 Å². The van der Waals surface area contributed by atoms with Gasteiger partial charge in [-0.2, -0.15) is 0 Å². The zero-order chi connectivity index (χ0) is 28.1. The molecule has 200 valence electrons. The van der Waals surface area contributed by atoms with Gasteiger partial charge in [0.1, 0.15) is 0 Å². The molecule has 6 aromatic rings. The lowest BCUT2D eigenvalue weighted by Crippen LogP contribution is -2.38. The number of hydrogen-bond donors (Lipinski definition) is 0. The fraction of sp³-hybridized carbons (Fsp3) is 0.0789. The number of aromatic nitrogens is 2. The molecule has 0 fully saturated rings. The van der Waals surface area contributed by atoms with Crippen LogP contribution >= 0.6 is 11.8 Å². The van der Waals surface area contributed by atoms with E-state index in [1.54, 1.807) is 0 Å². The van der Waals surface area contributed by atoms with Crippen LogP contribution in [0.2, 0.25) is 0 Å². The Hall–Kier alpha value is -4.80. The number of aliphatic imine (C=N–C) groups is 1. The largest absolute Gasteiger partial charge is 0.251 e. The van der Waals surface area contributed by atoms with E-state index in [1.807, 2.05) is 48.2 Å². The quantitative estimate of drug-likeness (QED) is 0.217. The van der Waals surface area contributed by atoms with Crippen molar-refractivity contribution in [1.29, 1.82) is 0 Å². The molecule has 3 nitrogen and oxygen atoms in total. The van der Waals surface area contributed by atoms with Crippen LogP contribution in [0.25, 0.3) is 33.9 Å². The average Bonchev–Trinajstić information content (AvgIpc) is 3.38. The van der Waals surface area contributed by atoms with Crippen molar-refractivity contribution in [2.45, 2.75) is 22.5 Å². The molecule has 42 heavy (non-hydrogen) atoms. The predicted molar refractivity (Wildman–Crippen MR) is 174 cm³/mol. The topological polar surface area (TPSA) is 38.1 Å². The Morgan fingerprint density at radius 1 is 0.548 bits per heavy atom. The first-order valence-electron chi connectivity index (χ1n) is 14.2. The molecule has 0 saturated heterocycles. The molecule has 2 atom stereocenters. The SMILES string of the molecule is CC12Sc3ccccc3C1c1ccccc1N=C2c1ccc(-c2cc(-c3ccccc3)nc(-c3ccccc3)n2)cc1. The molecule has 2 aliphatic heterocycles. The Morgan fingerprint density at radius 3 is 1.81 bits per heavy atom. The summed E-state index contributed by atoms with van der Waals surface area (Å²) >= 11 is 1.94. The molecule has 0 spiro atoms. The standard InChI is InChI=1S/C38H27N3S/c1-38-35(30-17-9-11-19-34(30)42-38)29-16-8-10-18-31(29)39-36(38)27-22-20-26(21-23-27)33-24-32(25-12-4-2-5-13-25)40-37(41-33)28-14-6-3-7-15-28/h2-24,35H,1H3. The van der Waals surface area contributed by atoms with E-state index < -0.39 is 0 Å². The van der Waals surface area contributed by atoms with Crippen LogP contribution in [0.3, 0.4) is 0 Å². The van der Waals surface area contributed by atoms with Gasteiger partial charge in [-0.25, -0.2) is 9.97 Å². The van der Waals surface area contributed by atoms with Gasteiger partial charge >= 0.3 is 0 Å². The first-order valence-corrected chi connectivity index (χ1v) is 15.1. The summed E-state index contributed by atoms with van der Waals surface area (Å²) in [5.74, 6) is 0.977. The molecule has 5 aromatic carbocycles. The molecule has 0 amide bonds. The van der Waals surface area contributed by atoms with Gasteiger partial charge in [0.15, 0.2) is 5.82 Å². The average molecular weight is 558 g/mol. The molecule has 2 aliphatic rings. The molecule has 8 rings (SSSR count). The molecule has 0 bridgehead atoms. The molecule has 0 N–H and O–H groups in total. The second-order valence-corrected chi connectivity index (χ2v) is 12.5. The van der Waals surface area contributed by atoms with Gasteiger partial charge in [-0.3, -0.25) is 4.99 Å². The van der Waals surface area contributed by atoms with E-state index in [4.69, 9.17) is 15.0 Å². The summed E-state index contributed by atoms with van der Waals surface area (Å²) in [4.78, 5) is 16.6. The van der Waals surface area contributed by atoms with Crippen LogP contribution in [0, 0.1) is 0 Å². The Morgan fingerprint density at radius 2 is 1.10 bits per heavy atom. The summed E-state index contributed by atoms with van der Waals surface area (Å²) in [5, 5.41) is 0. The number of thioether (sulfide) groups is 1. The smallest absolute Gasteiger partial charge is 0.160 e. The summed E-state index contributed by atoms with van der Waals surface area (Å²) < 4.78 is -0.199. The van der Waals surface area contributed by atoms with Crippen LogP contribution in [0.15, 0.2) is 149 Å². The fourth-order valence-electron chi connectivity index (χ4n) is 6.33. The molecular formula is C38H27N3S. The number of rotatable bonds is 4. The Bertz CT molecular complexity index is 1910. The third kappa shape index (κ3) is 4.10. The predicted octanol–water partition coefficient (Wildman–Crippen LogP) is 9.61. The van der Waals surface area contributed by atoms with Gasteiger partial charge in [0.25, 0.3) is 0 Å². The lowest BCUT2D eigenvalue weighted by molar-refractivity contribution is 0.710. The second-order valence-electron chi connectivity index (χ2n) is 11.0. The normalized spacial score (nSPS) is 18.5. The van der Waals surface area contributed by atoms with Crippen LogP contribution in [-0.4, -0.2) is 20.4 Å². The third-order valence-electron chi connectivity index (χ3n) is 8.33. The van der Waals surface area contributed by atoms with Gasteiger partial charge in [-0.1, -0.05) is 121 Å². The number of hydrogen-bond acceptors (Lipinski definition) is 4. The summed E-state index contributed by atoms with van der Waals surface area (Å²) in [6.45, 7) is 2.35. The molecular weight excluding hydrogens is 531 g/mol. The summed E-state index contributed by atoms with van der Waals surface area (Å²) in [6.07, 6.45) is 0. The number of fused-ring (bicyclic) bond motifs is 5. The van der Waals surface area contributed by atoms with Crippen molar-refractivity contribution in [3.63, 3.8) is 0 Å². The van der Waals surface area contributed by atoms with Crippen molar-refractivity contribution in [3.8, 4) is 33.9 Å². The monoisotopic (exact) mass is 557 g/mol. The highest BCUT2D eigenvalue weighted by molar-refractivity contribution is 8.02. The van der Waals surface area contributed by atoms with Gasteiger partial charge < -0.3 is 0 Å². The Kier molecular flexibility index (Phi) is 5.90. The van der Waals surface area contributed by atoms with Gasteiger partial charge in [-0.05, 0) is 41.8 Å². The lowest BCUT2D eigenvalue weighted by Gasteiger charge is -2.37. The lowest BCUT2D eigenvalue weighted by atomic mass is 9.75. The molecule has 0 aliphatic carbocycles. The van der Waals surface area contributed by atoms with Crippen LogP contribution in [0.5, 0.6) is 0 Å². The van der Waals surface area contributed by atoms with E-state index in [9.17, 15) is 0 Å². The molecule has 3 heterocycles. The van der Waals surface area contributed by atoms with Gasteiger partial charge in [0.2, 0.25) is 0 Å². The summed E-state index contributed by atoms with van der Waals surface area (Å²) in [5.41, 5.74) is 11.0. The van der Waals surface area contributed by atoms with E-state index in [0.717, 1.165) is 50.9 Å². The van der Waals surface area contributed by atoms with Crippen LogP contribution in [0.4, 0.5) is 5.69 Å². The van der Waals surface area contributed by atoms with E-state index in [2.05, 4.69) is 110 Å². The summed E-state index contributed by atoms with van der Waals surface area (Å²) in [7, 11) is 0. The van der Waals surface area contributed by atoms with Crippen LogP contribution in [0.1, 0.15) is 29.5 Å². The third-order valence-corrected chi connectivity index (χ3v) is 9.78. The van der Waals surface area contributed by atoms with E-state index in [0.29, 0.717) is 0 Å². The van der Waals surface area contributed by atoms with Gasteiger partial charge in [-0.15, -0.1) is 11.8 Å². The second kappa shape index (κ2) is 9.93. The molecule has 1 aromatic heterocycles. The highest BCUT2D eigenvalue weighted by atomic mass is 32.2. The minimum Gasteiger partial charge on any atom is -0.251 e. The number of nitrogens with zero attached hydrogens (tertiary/aromatic N) is 3. The van der Waals surface area contributed by atoms with Crippen LogP contribution in [-0.2, 0) is 0 Å². The van der Waals surface area contributed by atoms with Crippen molar-refractivity contribution >= 4 is 23.2 Å². The molecule has 2 unspecified atom stereocenters. The van der Waals surface area contributed by atoms with Crippen molar-refractivity contribution in [2.24, 2.45) is 4.99 Å². The van der Waals surface area contributed by atoms with Crippen molar-refractivity contribution in [1.82, 2.24) is 9.97 Å². The minimum atomic E-state index is -0.199.